The van der Waals surface area contributed by atoms with Crippen molar-refractivity contribution in [3.05, 3.63) is 53.5 Å². The summed E-state index contributed by atoms with van der Waals surface area (Å²) < 4.78 is 19.4. The minimum absolute atomic E-state index is 0.201. The Morgan fingerprint density at radius 1 is 1.40 bits per heavy atom. The van der Waals surface area contributed by atoms with Gasteiger partial charge in [0.25, 0.3) is 0 Å². The lowest BCUT2D eigenvalue weighted by molar-refractivity contribution is 0.393. The molecule has 0 spiro atoms. The van der Waals surface area contributed by atoms with Gasteiger partial charge in [-0.15, -0.1) is 0 Å². The molecule has 5 heteroatoms. The summed E-state index contributed by atoms with van der Waals surface area (Å²) in [5, 5.41) is 3.12. The van der Waals surface area contributed by atoms with Gasteiger partial charge in [0.15, 0.2) is 0 Å². The third kappa shape index (κ3) is 3.05. The number of benzene rings is 1. The Bertz CT molecular complexity index is 589. The molecule has 0 fully saturated rings. The third-order valence-electron chi connectivity index (χ3n) is 3.22. The Kier molecular flexibility index (Phi) is 4.53. The molecule has 20 heavy (non-hydrogen) atoms. The monoisotopic (exact) mass is 275 g/mol. The van der Waals surface area contributed by atoms with Crippen molar-refractivity contribution in [3.8, 4) is 5.75 Å². The molecule has 4 nitrogen and oxygen atoms in total. The van der Waals surface area contributed by atoms with Gasteiger partial charge in [0.2, 0.25) is 0 Å². The molecule has 0 saturated carbocycles. The van der Waals surface area contributed by atoms with Crippen LogP contribution in [-0.2, 0) is 6.42 Å². The Balaban J connectivity index is 2.33. The van der Waals surface area contributed by atoms with Gasteiger partial charge >= 0.3 is 0 Å². The summed E-state index contributed by atoms with van der Waals surface area (Å²) in [6.45, 7) is 0. The number of pyridine rings is 1. The van der Waals surface area contributed by atoms with Crippen LogP contribution in [0.1, 0.15) is 17.2 Å². The third-order valence-corrected chi connectivity index (χ3v) is 3.22. The van der Waals surface area contributed by atoms with E-state index in [0.717, 1.165) is 5.56 Å². The van der Waals surface area contributed by atoms with E-state index in [1.807, 2.05) is 6.07 Å². The molecule has 0 radical (unpaired) electrons. The smallest absolute Gasteiger partial charge is 0.131 e. The number of nitrogens with one attached hydrogen (secondary N) is 1. The van der Waals surface area contributed by atoms with Gasteiger partial charge < -0.3 is 15.8 Å². The van der Waals surface area contributed by atoms with Crippen molar-refractivity contribution in [1.82, 2.24) is 10.3 Å². The number of anilines is 1. The zero-order valence-corrected chi connectivity index (χ0v) is 11.6. The fourth-order valence-electron chi connectivity index (χ4n) is 2.24. The van der Waals surface area contributed by atoms with E-state index in [4.69, 9.17) is 10.5 Å². The molecular weight excluding hydrogens is 257 g/mol. The standard InChI is InChI=1S/C15H18FN3O/c1-18-12(8-10-6-7-19-14(17)9-10)15-11(16)4-3-5-13(15)20-2/h3-7,9,12,18H,8H2,1-2H3,(H2,17,19). The lowest BCUT2D eigenvalue weighted by Gasteiger charge is -2.20. The Hall–Kier alpha value is -2.14. The fourth-order valence-corrected chi connectivity index (χ4v) is 2.24. The maximum Gasteiger partial charge on any atom is 0.131 e. The predicted molar refractivity (Wildman–Crippen MR) is 77.1 cm³/mol. The van der Waals surface area contributed by atoms with Crippen molar-refractivity contribution in [2.24, 2.45) is 0 Å². The van der Waals surface area contributed by atoms with E-state index in [1.165, 1.54) is 13.2 Å². The molecule has 0 aliphatic heterocycles. The first-order valence-electron chi connectivity index (χ1n) is 6.35. The topological polar surface area (TPSA) is 60.2 Å². The summed E-state index contributed by atoms with van der Waals surface area (Å²) in [5.74, 6) is 0.704. The molecule has 0 amide bonds. The zero-order chi connectivity index (χ0) is 14.5. The molecule has 1 unspecified atom stereocenters. The van der Waals surface area contributed by atoms with Crippen molar-refractivity contribution in [2.45, 2.75) is 12.5 Å². The molecule has 2 aromatic rings. The molecule has 1 aromatic heterocycles. The molecule has 1 aromatic carbocycles. The highest BCUT2D eigenvalue weighted by atomic mass is 19.1. The van der Waals surface area contributed by atoms with E-state index in [2.05, 4.69) is 10.3 Å². The molecule has 2 rings (SSSR count). The second-order valence-corrected chi connectivity index (χ2v) is 4.49. The van der Waals surface area contributed by atoms with E-state index >= 15 is 0 Å². The van der Waals surface area contributed by atoms with E-state index < -0.39 is 0 Å². The SMILES string of the molecule is CNC(Cc1ccnc(N)c1)c1c(F)cccc1OC. The van der Waals surface area contributed by atoms with Crippen LogP contribution in [0.5, 0.6) is 5.75 Å². The largest absolute Gasteiger partial charge is 0.496 e. The molecule has 0 aliphatic carbocycles. The van der Waals surface area contributed by atoms with Crippen LogP contribution >= 0.6 is 0 Å². The van der Waals surface area contributed by atoms with Gasteiger partial charge in [-0.1, -0.05) is 6.07 Å². The first-order chi connectivity index (χ1) is 9.65. The van der Waals surface area contributed by atoms with Crippen LogP contribution < -0.4 is 15.8 Å². The summed E-state index contributed by atoms with van der Waals surface area (Å²) in [6.07, 6.45) is 2.25. The maximum absolute atomic E-state index is 14.1. The van der Waals surface area contributed by atoms with Crippen molar-refractivity contribution in [2.75, 3.05) is 19.9 Å². The molecule has 3 N–H and O–H groups in total. The number of hydrogen-bond acceptors (Lipinski definition) is 4. The maximum atomic E-state index is 14.1. The highest BCUT2D eigenvalue weighted by Gasteiger charge is 2.19. The van der Waals surface area contributed by atoms with Crippen molar-refractivity contribution in [1.29, 1.82) is 0 Å². The Morgan fingerprint density at radius 3 is 2.85 bits per heavy atom. The quantitative estimate of drug-likeness (QED) is 0.879. The van der Waals surface area contributed by atoms with E-state index in [-0.39, 0.29) is 11.9 Å². The van der Waals surface area contributed by atoms with Crippen molar-refractivity contribution >= 4 is 5.82 Å². The van der Waals surface area contributed by atoms with Gasteiger partial charge in [0.1, 0.15) is 17.4 Å². The zero-order valence-electron chi connectivity index (χ0n) is 11.6. The van der Waals surface area contributed by atoms with E-state index in [1.54, 1.807) is 31.4 Å². The second-order valence-electron chi connectivity index (χ2n) is 4.49. The van der Waals surface area contributed by atoms with Crippen LogP contribution in [0.4, 0.5) is 10.2 Å². The van der Waals surface area contributed by atoms with E-state index in [0.29, 0.717) is 23.6 Å². The van der Waals surface area contributed by atoms with Gasteiger partial charge in [-0.3, -0.25) is 0 Å². The number of aromatic nitrogens is 1. The first kappa shape index (κ1) is 14.3. The molecule has 0 saturated heterocycles. The van der Waals surface area contributed by atoms with Gasteiger partial charge in [0, 0.05) is 17.8 Å². The lowest BCUT2D eigenvalue weighted by Crippen LogP contribution is -2.21. The molecule has 0 aliphatic rings. The fraction of sp³-hybridized carbons (Fsp3) is 0.267. The number of nitrogens with zero attached hydrogens (tertiary/aromatic N) is 1. The van der Waals surface area contributed by atoms with Crippen LogP contribution in [0, 0.1) is 5.82 Å². The predicted octanol–water partition coefficient (Wildman–Crippen LogP) is 2.31. The van der Waals surface area contributed by atoms with Crippen LogP contribution in [-0.4, -0.2) is 19.1 Å². The summed E-state index contributed by atoms with van der Waals surface area (Å²) >= 11 is 0. The minimum Gasteiger partial charge on any atom is -0.496 e. The summed E-state index contributed by atoms with van der Waals surface area (Å²) in [6, 6.07) is 8.28. The van der Waals surface area contributed by atoms with Gasteiger partial charge in [-0.25, -0.2) is 9.37 Å². The number of nitrogen functional groups attached to an aromatic ring is 1. The minimum atomic E-state index is -0.286. The summed E-state index contributed by atoms with van der Waals surface area (Å²) in [5.41, 5.74) is 7.18. The van der Waals surface area contributed by atoms with Crippen LogP contribution in [0.15, 0.2) is 36.5 Å². The molecule has 1 heterocycles. The summed E-state index contributed by atoms with van der Waals surface area (Å²) in [4.78, 5) is 3.96. The number of rotatable bonds is 5. The van der Waals surface area contributed by atoms with Crippen LogP contribution in [0.2, 0.25) is 0 Å². The van der Waals surface area contributed by atoms with Gasteiger partial charge in [-0.2, -0.15) is 0 Å². The lowest BCUT2D eigenvalue weighted by atomic mass is 9.98. The molecular formula is C15H18FN3O. The number of halogens is 1. The number of nitrogens with two attached hydrogens (primary N) is 1. The number of ether oxygens (including phenoxy) is 1. The van der Waals surface area contributed by atoms with Crippen LogP contribution in [0.25, 0.3) is 0 Å². The summed E-state index contributed by atoms with van der Waals surface area (Å²) in [7, 11) is 3.33. The highest BCUT2D eigenvalue weighted by molar-refractivity contribution is 5.39. The Labute approximate surface area is 117 Å². The van der Waals surface area contributed by atoms with Gasteiger partial charge in [0.05, 0.1) is 7.11 Å². The molecule has 106 valence electrons. The molecule has 0 bridgehead atoms. The highest BCUT2D eigenvalue weighted by Crippen LogP contribution is 2.30. The number of hydrogen-bond donors (Lipinski definition) is 2. The normalized spacial score (nSPS) is 12.2. The number of methoxy groups -OCH3 is 1. The van der Waals surface area contributed by atoms with Crippen LogP contribution in [0.3, 0.4) is 0 Å². The first-order valence-corrected chi connectivity index (χ1v) is 6.35. The van der Waals surface area contributed by atoms with Gasteiger partial charge in [-0.05, 0) is 43.3 Å². The average molecular weight is 275 g/mol. The second kappa shape index (κ2) is 6.34. The molecule has 1 atom stereocenters. The average Bonchev–Trinajstić information content (AvgIpc) is 2.45. The Morgan fingerprint density at radius 2 is 2.20 bits per heavy atom. The number of likely N-dealkylation sites (N-methyl/N-ethyl adjacent to an activating group) is 1. The van der Waals surface area contributed by atoms with Crippen molar-refractivity contribution in [3.63, 3.8) is 0 Å². The van der Waals surface area contributed by atoms with Crippen molar-refractivity contribution < 1.29 is 9.13 Å². The van der Waals surface area contributed by atoms with E-state index in [9.17, 15) is 4.39 Å².